The summed E-state index contributed by atoms with van der Waals surface area (Å²) in [6, 6.07) is 60.4. The van der Waals surface area contributed by atoms with E-state index in [0.717, 1.165) is 72.1 Å². The minimum atomic E-state index is -3.77. The first-order chi connectivity index (χ1) is 27.3. The molecule has 0 N–H and O–H groups in total. The molecule has 0 saturated heterocycles. The molecule has 0 amide bonds. The van der Waals surface area contributed by atoms with Crippen LogP contribution in [-0.4, -0.2) is 22.1 Å². The third-order valence-electron chi connectivity index (χ3n) is 11.3. The van der Waals surface area contributed by atoms with Gasteiger partial charge in [-0.15, -0.1) is 0 Å². The minimum Gasteiger partial charge on any atom is -0.309 e. The molecule has 0 atom stereocenters. The van der Waals surface area contributed by atoms with E-state index in [1.165, 1.54) is 21.5 Å². The Labute approximate surface area is 323 Å². The number of rotatable bonds is 5. The van der Waals surface area contributed by atoms with Gasteiger partial charge < -0.3 is 13.7 Å². The van der Waals surface area contributed by atoms with Gasteiger partial charge >= 0.3 is 0 Å². The van der Waals surface area contributed by atoms with Crippen LogP contribution < -0.4 is 0 Å². The van der Waals surface area contributed by atoms with Crippen molar-refractivity contribution in [2.75, 3.05) is 0 Å². The van der Waals surface area contributed by atoms with Crippen LogP contribution >= 0.6 is 0 Å². The van der Waals surface area contributed by atoms with Gasteiger partial charge in [0, 0.05) is 49.4 Å². The number of aromatic nitrogens is 3. The molecule has 0 saturated carbocycles. The first kappa shape index (κ1) is 32.5. The van der Waals surface area contributed by atoms with Crippen LogP contribution in [0.5, 0.6) is 0 Å². The van der Waals surface area contributed by atoms with Gasteiger partial charge in [0.2, 0.25) is 9.84 Å². The van der Waals surface area contributed by atoms with E-state index >= 15 is 0 Å². The maximum absolute atomic E-state index is 14.1. The number of aryl methyl sites for hydroxylation is 2. The molecule has 268 valence electrons. The molecule has 56 heavy (non-hydrogen) atoms. The van der Waals surface area contributed by atoms with E-state index in [1.807, 2.05) is 32.0 Å². The predicted molar refractivity (Wildman–Crippen MR) is 231 cm³/mol. The van der Waals surface area contributed by atoms with Gasteiger partial charge in [0.05, 0.1) is 42.9 Å². The van der Waals surface area contributed by atoms with Crippen molar-refractivity contribution >= 4 is 75.3 Å². The molecule has 0 radical (unpaired) electrons. The van der Waals surface area contributed by atoms with Crippen LogP contribution in [0.1, 0.15) is 11.1 Å². The largest absolute Gasteiger partial charge is 0.309 e. The van der Waals surface area contributed by atoms with Crippen molar-refractivity contribution in [2.24, 2.45) is 0 Å². The highest BCUT2D eigenvalue weighted by molar-refractivity contribution is 7.91. The second-order valence-corrected chi connectivity index (χ2v) is 16.7. The third-order valence-corrected chi connectivity index (χ3v) is 13.1. The number of hydrogen-bond donors (Lipinski definition) is 0. The van der Waals surface area contributed by atoms with E-state index in [9.17, 15) is 8.42 Å². The molecule has 0 unspecified atom stereocenters. The SMILES string of the molecule is Cc1ccc(S(=O)(=O)c2cc(C)cc(-n3c4ccc(-n5c6ccccc6c6ccccc65)cc4c4cc(-n5c6ccccc6c6ccccc65)ccc43)c2)cc1. The second kappa shape index (κ2) is 12.1. The summed E-state index contributed by atoms with van der Waals surface area (Å²) in [4.78, 5) is 0.559. The molecule has 3 aromatic heterocycles. The Morgan fingerprint density at radius 2 is 0.714 bits per heavy atom. The van der Waals surface area contributed by atoms with Gasteiger partial charge in [0.25, 0.3) is 0 Å². The topological polar surface area (TPSA) is 48.9 Å². The van der Waals surface area contributed by atoms with E-state index in [0.29, 0.717) is 0 Å². The monoisotopic (exact) mass is 741 g/mol. The summed E-state index contributed by atoms with van der Waals surface area (Å²) in [6.45, 7) is 3.93. The summed E-state index contributed by atoms with van der Waals surface area (Å²) in [7, 11) is -3.77. The molecule has 11 aromatic rings. The zero-order chi connectivity index (χ0) is 37.7. The Balaban J connectivity index is 1.21. The molecule has 0 fully saturated rings. The Bertz CT molecular complexity index is 3240. The Morgan fingerprint density at radius 3 is 1.16 bits per heavy atom. The van der Waals surface area contributed by atoms with E-state index in [2.05, 4.69) is 153 Å². The van der Waals surface area contributed by atoms with Crippen LogP contribution in [0.25, 0.3) is 82.5 Å². The van der Waals surface area contributed by atoms with Gasteiger partial charge in [-0.2, -0.15) is 0 Å². The average Bonchev–Trinajstić information content (AvgIpc) is 3.86. The maximum Gasteiger partial charge on any atom is 0.206 e. The highest BCUT2D eigenvalue weighted by Crippen LogP contribution is 2.40. The van der Waals surface area contributed by atoms with Gasteiger partial charge in [-0.05, 0) is 110 Å². The second-order valence-electron chi connectivity index (χ2n) is 14.8. The highest BCUT2D eigenvalue weighted by Gasteiger charge is 2.22. The number of hydrogen-bond acceptors (Lipinski definition) is 2. The van der Waals surface area contributed by atoms with Crippen molar-refractivity contribution < 1.29 is 8.42 Å². The summed E-state index contributed by atoms with van der Waals surface area (Å²) >= 11 is 0. The lowest BCUT2D eigenvalue weighted by Crippen LogP contribution is -2.05. The molecule has 3 heterocycles. The molecule has 0 bridgehead atoms. The molecule has 0 spiro atoms. The lowest BCUT2D eigenvalue weighted by atomic mass is 10.1. The summed E-state index contributed by atoms with van der Waals surface area (Å²) in [6.07, 6.45) is 0. The first-order valence-electron chi connectivity index (χ1n) is 18.8. The van der Waals surface area contributed by atoms with Crippen LogP contribution in [0.2, 0.25) is 0 Å². The third kappa shape index (κ3) is 4.76. The van der Waals surface area contributed by atoms with E-state index in [-0.39, 0.29) is 9.79 Å². The number of sulfone groups is 1. The van der Waals surface area contributed by atoms with Crippen LogP contribution in [0, 0.1) is 13.8 Å². The van der Waals surface area contributed by atoms with Crippen molar-refractivity contribution in [1.82, 2.24) is 13.7 Å². The van der Waals surface area contributed by atoms with Crippen molar-refractivity contribution in [3.8, 4) is 17.1 Å². The number of fused-ring (bicyclic) bond motifs is 9. The fourth-order valence-electron chi connectivity index (χ4n) is 8.82. The first-order valence-corrected chi connectivity index (χ1v) is 20.3. The molecule has 0 aliphatic rings. The highest BCUT2D eigenvalue weighted by atomic mass is 32.2. The average molecular weight is 742 g/mol. The standard InChI is InChI=1S/C50H35N3O2S/c1-32-19-23-37(24-20-32)56(54,55)38-28-33(2)27-36(29-38)53-49-25-21-34(51-45-15-7-3-11-39(45)40-12-4-8-16-46(40)51)30-43(49)44-31-35(22-26-50(44)53)52-47-17-9-5-13-41(47)42-14-6-10-18-48(42)52/h3-31H,1-2H3. The molecule has 0 aliphatic carbocycles. The molecule has 0 aliphatic heterocycles. The fraction of sp³-hybridized carbons (Fsp3) is 0.0400. The van der Waals surface area contributed by atoms with Crippen molar-refractivity contribution in [1.29, 1.82) is 0 Å². The fourth-order valence-corrected chi connectivity index (χ4v) is 10.2. The van der Waals surface area contributed by atoms with Crippen LogP contribution in [-0.2, 0) is 9.84 Å². The molecular formula is C50H35N3O2S. The van der Waals surface area contributed by atoms with Crippen molar-refractivity contribution in [2.45, 2.75) is 23.6 Å². The van der Waals surface area contributed by atoms with Crippen LogP contribution in [0.15, 0.2) is 186 Å². The predicted octanol–water partition coefficient (Wildman–Crippen LogP) is 12.4. The Kier molecular flexibility index (Phi) is 7.00. The zero-order valence-corrected chi connectivity index (χ0v) is 31.6. The van der Waals surface area contributed by atoms with E-state index in [4.69, 9.17) is 0 Å². The maximum atomic E-state index is 14.1. The summed E-state index contributed by atoms with van der Waals surface area (Å²) in [5.74, 6) is 0. The minimum absolute atomic E-state index is 0.273. The van der Waals surface area contributed by atoms with Gasteiger partial charge in [-0.1, -0.05) is 90.5 Å². The van der Waals surface area contributed by atoms with Crippen molar-refractivity contribution in [3.63, 3.8) is 0 Å². The van der Waals surface area contributed by atoms with Gasteiger partial charge in [0.1, 0.15) is 0 Å². The number of benzene rings is 8. The zero-order valence-electron chi connectivity index (χ0n) is 30.8. The molecule has 5 nitrogen and oxygen atoms in total. The molecule has 6 heteroatoms. The quantitative estimate of drug-likeness (QED) is 0.176. The normalized spacial score (nSPS) is 12.2. The van der Waals surface area contributed by atoms with Crippen LogP contribution in [0.4, 0.5) is 0 Å². The van der Waals surface area contributed by atoms with Gasteiger partial charge in [-0.25, -0.2) is 8.42 Å². The van der Waals surface area contributed by atoms with Gasteiger partial charge in [-0.3, -0.25) is 0 Å². The summed E-state index contributed by atoms with van der Waals surface area (Å²) < 4.78 is 35.1. The van der Waals surface area contributed by atoms with Crippen LogP contribution in [0.3, 0.4) is 0 Å². The lowest BCUT2D eigenvalue weighted by Gasteiger charge is -2.13. The molecular weight excluding hydrogens is 707 g/mol. The van der Waals surface area contributed by atoms with Crippen molar-refractivity contribution in [3.05, 3.63) is 187 Å². The van der Waals surface area contributed by atoms with E-state index in [1.54, 1.807) is 18.2 Å². The molecule has 11 rings (SSSR count). The lowest BCUT2D eigenvalue weighted by molar-refractivity contribution is 0.596. The summed E-state index contributed by atoms with van der Waals surface area (Å²) in [5.41, 5.74) is 11.4. The Morgan fingerprint density at radius 1 is 0.321 bits per heavy atom. The summed E-state index contributed by atoms with van der Waals surface area (Å²) in [5, 5.41) is 6.99. The van der Waals surface area contributed by atoms with E-state index < -0.39 is 9.84 Å². The molecule has 8 aromatic carbocycles. The Hall–Kier alpha value is -6.89. The van der Waals surface area contributed by atoms with Gasteiger partial charge in [0.15, 0.2) is 0 Å². The smallest absolute Gasteiger partial charge is 0.206 e. The number of para-hydroxylation sites is 4. The number of nitrogens with zero attached hydrogens (tertiary/aromatic N) is 3.